The normalized spacial score (nSPS) is 29.1. The van der Waals surface area contributed by atoms with Gasteiger partial charge in [-0.25, -0.2) is 0 Å². The molecular weight excluding hydrogens is 488 g/mol. The first-order valence-corrected chi connectivity index (χ1v) is 15.2. The van der Waals surface area contributed by atoms with Crippen molar-refractivity contribution in [2.75, 3.05) is 102 Å². The molecule has 4 aliphatic rings. The van der Waals surface area contributed by atoms with E-state index in [0.29, 0.717) is 54.7 Å². The fourth-order valence-electron chi connectivity index (χ4n) is 2.89. The molecule has 0 spiro atoms. The third kappa shape index (κ3) is 14.2. The van der Waals surface area contributed by atoms with E-state index >= 15 is 0 Å². The molecule has 4 saturated heterocycles. The highest BCUT2D eigenvalue weighted by Crippen LogP contribution is 2.24. The Morgan fingerprint density at radius 2 is 1.03 bits per heavy atom. The van der Waals surface area contributed by atoms with Crippen molar-refractivity contribution in [1.82, 2.24) is 0 Å². The summed E-state index contributed by atoms with van der Waals surface area (Å²) in [6.45, 7) is 9.26. The van der Waals surface area contributed by atoms with Crippen LogP contribution in [0.2, 0.25) is 0 Å². The number of rotatable bonds is 24. The lowest BCUT2D eigenvalue weighted by atomic mass is 10.5. The zero-order valence-electron chi connectivity index (χ0n) is 19.3. The number of hydrogen-bond acceptors (Lipinski definition) is 11. The van der Waals surface area contributed by atoms with Crippen LogP contribution < -0.4 is 0 Å². The van der Waals surface area contributed by atoms with E-state index in [0.717, 1.165) is 82.5 Å². The third-order valence-corrected chi connectivity index (χ3v) is 9.27. The quantitative estimate of drug-likeness (QED) is 0.136. The zero-order valence-corrected chi connectivity index (χ0v) is 21.7. The van der Waals surface area contributed by atoms with E-state index in [2.05, 4.69) is 0 Å². The highest BCUT2D eigenvalue weighted by molar-refractivity contribution is 8.05. The molecule has 4 fully saturated rings. The summed E-state index contributed by atoms with van der Waals surface area (Å²) in [6, 6.07) is 0. The van der Waals surface area contributed by atoms with Crippen LogP contribution >= 0.6 is 35.3 Å². The number of ether oxygens (including phenoxy) is 8. The maximum absolute atomic E-state index is 5.94. The first-order chi connectivity index (χ1) is 16.3. The minimum absolute atomic E-state index is 0.307. The van der Waals surface area contributed by atoms with Crippen LogP contribution in [0.5, 0.6) is 0 Å². The molecule has 4 aliphatic heterocycles. The molecule has 33 heavy (non-hydrogen) atoms. The monoisotopic (exact) mass is 526 g/mol. The second kappa shape index (κ2) is 15.8. The fraction of sp³-hybridized carbons (Fsp3) is 1.00. The van der Waals surface area contributed by atoms with Crippen molar-refractivity contribution in [1.29, 1.82) is 0 Å². The molecule has 0 aromatic carbocycles. The molecule has 0 N–H and O–H groups in total. The molecule has 0 amide bonds. The van der Waals surface area contributed by atoms with E-state index in [1.54, 1.807) is 0 Å². The first kappa shape index (κ1) is 26.8. The first-order valence-electron chi connectivity index (χ1n) is 11.9. The van der Waals surface area contributed by atoms with E-state index in [9.17, 15) is 0 Å². The predicted molar refractivity (Wildman–Crippen MR) is 132 cm³/mol. The Bertz CT molecular complexity index is 518. The fourth-order valence-corrected chi connectivity index (χ4v) is 6.46. The summed E-state index contributed by atoms with van der Waals surface area (Å²) in [5.41, 5.74) is 0. The maximum Gasteiger partial charge on any atom is 0.104 e. The van der Waals surface area contributed by atoms with E-state index < -0.39 is 0 Å². The second-order valence-electron chi connectivity index (χ2n) is 8.57. The van der Waals surface area contributed by atoms with Crippen molar-refractivity contribution < 1.29 is 37.9 Å². The molecule has 6 unspecified atom stereocenters. The summed E-state index contributed by atoms with van der Waals surface area (Å²) in [7, 11) is 0. The Morgan fingerprint density at radius 1 is 0.576 bits per heavy atom. The zero-order chi connectivity index (χ0) is 22.6. The van der Waals surface area contributed by atoms with Gasteiger partial charge in [0.15, 0.2) is 0 Å². The van der Waals surface area contributed by atoms with Crippen molar-refractivity contribution in [2.45, 2.75) is 34.9 Å². The van der Waals surface area contributed by atoms with Gasteiger partial charge in [0.25, 0.3) is 0 Å². The van der Waals surface area contributed by atoms with Crippen LogP contribution in [0.4, 0.5) is 0 Å². The van der Waals surface area contributed by atoms with Gasteiger partial charge in [0, 0.05) is 33.5 Å². The Hall–Kier alpha value is 0.730. The van der Waals surface area contributed by atoms with E-state index in [1.807, 2.05) is 35.3 Å². The Morgan fingerprint density at radius 3 is 1.55 bits per heavy atom. The van der Waals surface area contributed by atoms with E-state index in [-0.39, 0.29) is 0 Å². The van der Waals surface area contributed by atoms with Gasteiger partial charge in [-0.2, -0.15) is 35.3 Å². The molecule has 4 heterocycles. The van der Waals surface area contributed by atoms with Crippen molar-refractivity contribution >= 4 is 35.3 Å². The average Bonchev–Trinajstić information content (AvgIpc) is 3.63. The van der Waals surface area contributed by atoms with Crippen LogP contribution in [0.3, 0.4) is 0 Å². The van der Waals surface area contributed by atoms with Crippen LogP contribution in [0.25, 0.3) is 0 Å². The Kier molecular flexibility index (Phi) is 12.8. The molecule has 0 aliphatic carbocycles. The van der Waals surface area contributed by atoms with Gasteiger partial charge in [0.2, 0.25) is 0 Å². The molecule has 192 valence electrons. The molecule has 0 radical (unpaired) electrons. The molecular formula is C22H38O8S3. The van der Waals surface area contributed by atoms with Gasteiger partial charge in [-0.15, -0.1) is 0 Å². The van der Waals surface area contributed by atoms with Crippen molar-refractivity contribution in [3.8, 4) is 0 Å². The molecule has 0 saturated carbocycles. The topological polar surface area (TPSA) is 87.0 Å². The minimum atomic E-state index is 0.307. The molecule has 11 heteroatoms. The lowest BCUT2D eigenvalue weighted by Gasteiger charge is -2.21. The molecule has 6 atom stereocenters. The van der Waals surface area contributed by atoms with Gasteiger partial charge < -0.3 is 37.9 Å². The van der Waals surface area contributed by atoms with Gasteiger partial charge in [-0.3, -0.25) is 0 Å². The lowest BCUT2D eigenvalue weighted by molar-refractivity contribution is 0.118. The highest BCUT2D eigenvalue weighted by atomic mass is 32.2. The number of hydrogen-bond donors (Lipinski definition) is 0. The van der Waals surface area contributed by atoms with Crippen LogP contribution in [0.1, 0.15) is 0 Å². The highest BCUT2D eigenvalue weighted by Gasteiger charge is 2.26. The van der Waals surface area contributed by atoms with Gasteiger partial charge >= 0.3 is 0 Å². The Labute approximate surface area is 210 Å². The van der Waals surface area contributed by atoms with Crippen molar-refractivity contribution in [3.05, 3.63) is 0 Å². The molecule has 0 bridgehead atoms. The van der Waals surface area contributed by atoms with E-state index in [4.69, 9.17) is 37.9 Å². The van der Waals surface area contributed by atoms with Crippen LogP contribution in [-0.2, 0) is 37.9 Å². The molecule has 4 rings (SSSR count). The second-order valence-corrected chi connectivity index (χ2v) is 12.5. The third-order valence-electron chi connectivity index (χ3n) is 5.21. The van der Waals surface area contributed by atoms with Crippen LogP contribution in [0, 0.1) is 0 Å². The largest absolute Gasteiger partial charge is 0.378 e. The van der Waals surface area contributed by atoms with Gasteiger partial charge in [0.1, 0.15) is 24.4 Å². The smallest absolute Gasteiger partial charge is 0.104 e. The van der Waals surface area contributed by atoms with Gasteiger partial charge in [-0.05, 0) is 0 Å². The number of epoxide rings is 4. The van der Waals surface area contributed by atoms with Gasteiger partial charge in [-0.1, -0.05) is 0 Å². The van der Waals surface area contributed by atoms with E-state index in [1.165, 1.54) is 0 Å². The predicted octanol–water partition coefficient (Wildman–Crippen LogP) is 1.58. The van der Waals surface area contributed by atoms with Crippen LogP contribution in [-0.4, -0.2) is 137 Å². The average molecular weight is 527 g/mol. The lowest BCUT2D eigenvalue weighted by Crippen LogP contribution is -2.23. The summed E-state index contributed by atoms with van der Waals surface area (Å²) >= 11 is 5.87. The summed E-state index contributed by atoms with van der Waals surface area (Å²) in [4.78, 5) is 0. The van der Waals surface area contributed by atoms with Crippen molar-refractivity contribution in [2.24, 2.45) is 0 Å². The SMILES string of the molecule is C(CSCC(COCC1CO1)SCC(COCC1CO1)SCCOCC1CO1)OCC1CO1. The molecule has 0 aromatic heterocycles. The molecule has 0 aromatic rings. The summed E-state index contributed by atoms with van der Waals surface area (Å²) in [5, 5.41) is 0.870. The summed E-state index contributed by atoms with van der Waals surface area (Å²) in [6.07, 6.45) is 1.28. The minimum Gasteiger partial charge on any atom is -0.378 e. The van der Waals surface area contributed by atoms with Crippen molar-refractivity contribution in [3.63, 3.8) is 0 Å². The number of thioether (sulfide) groups is 3. The molecule has 8 nitrogen and oxygen atoms in total. The van der Waals surface area contributed by atoms with Gasteiger partial charge in [0.05, 0.1) is 79.3 Å². The standard InChI is InChI=1S/C22H38O8S3/c1(23-5-17-9-27-17)3-31-15-21(13-25-7-19-11-29-19)33-16-22(14-26-8-20-12-30-20)32-4-2-24-6-18-10-28-18/h17-22H,1-16H2. The maximum atomic E-state index is 5.94. The van der Waals surface area contributed by atoms with Crippen LogP contribution in [0.15, 0.2) is 0 Å². The summed E-state index contributed by atoms with van der Waals surface area (Å²) in [5.74, 6) is 4.06. The summed E-state index contributed by atoms with van der Waals surface area (Å²) < 4.78 is 44.2. The Balaban J connectivity index is 1.10.